The van der Waals surface area contributed by atoms with Gasteiger partial charge >= 0.3 is 0 Å². The normalized spacial score (nSPS) is 11.2. The Labute approximate surface area is 197 Å². The molecule has 4 aromatic carbocycles. The zero-order valence-corrected chi connectivity index (χ0v) is 18.8. The van der Waals surface area contributed by atoms with Crippen LogP contribution in [0, 0.1) is 11.3 Å². The van der Waals surface area contributed by atoms with Crippen LogP contribution in [-0.4, -0.2) is 7.11 Å². The van der Waals surface area contributed by atoms with E-state index in [2.05, 4.69) is 6.07 Å². The van der Waals surface area contributed by atoms with E-state index in [0.717, 1.165) is 27.5 Å². The molecule has 3 nitrogen and oxygen atoms in total. The van der Waals surface area contributed by atoms with Gasteiger partial charge in [-0.1, -0.05) is 83.9 Å². The lowest BCUT2D eigenvalue weighted by Gasteiger charge is -2.15. The van der Waals surface area contributed by atoms with Crippen molar-refractivity contribution in [3.63, 3.8) is 0 Å². The van der Waals surface area contributed by atoms with Crippen molar-refractivity contribution in [3.05, 3.63) is 106 Å². The van der Waals surface area contributed by atoms with Crippen LogP contribution in [0.15, 0.2) is 78.9 Å². The summed E-state index contributed by atoms with van der Waals surface area (Å²) in [7, 11) is 1.58. The maximum absolute atomic E-state index is 9.97. The fraction of sp³-hybridized carbons (Fsp3) is 0.0741. The molecule has 0 heterocycles. The minimum Gasteiger partial charge on any atom is -0.493 e. The molecule has 0 aromatic heterocycles. The lowest BCUT2D eigenvalue weighted by atomic mass is 9.97. The third-order valence-electron chi connectivity index (χ3n) is 5.12. The fourth-order valence-corrected chi connectivity index (χ4v) is 4.00. The van der Waals surface area contributed by atoms with Crippen molar-refractivity contribution < 1.29 is 9.47 Å². The van der Waals surface area contributed by atoms with Crippen LogP contribution in [0.4, 0.5) is 0 Å². The second-order valence-electron chi connectivity index (χ2n) is 7.10. The quantitative estimate of drug-likeness (QED) is 0.218. The first-order valence-electron chi connectivity index (χ1n) is 9.94. The molecule has 5 heteroatoms. The maximum Gasteiger partial charge on any atom is 0.168 e. The summed E-state index contributed by atoms with van der Waals surface area (Å²) >= 11 is 12.3. The van der Waals surface area contributed by atoms with Gasteiger partial charge in [0.2, 0.25) is 0 Å². The van der Waals surface area contributed by atoms with Crippen molar-refractivity contribution in [1.29, 1.82) is 5.26 Å². The molecule has 0 aliphatic carbocycles. The second-order valence-corrected chi connectivity index (χ2v) is 7.94. The molecule has 0 amide bonds. The van der Waals surface area contributed by atoms with Gasteiger partial charge in [0.1, 0.15) is 6.61 Å². The molecule has 4 rings (SSSR count). The molecule has 0 aliphatic heterocycles. The predicted molar refractivity (Wildman–Crippen MR) is 131 cm³/mol. The molecule has 0 N–H and O–H groups in total. The molecule has 0 bridgehead atoms. The Hall–Kier alpha value is -3.45. The van der Waals surface area contributed by atoms with Gasteiger partial charge in [0, 0.05) is 26.7 Å². The van der Waals surface area contributed by atoms with E-state index in [1.807, 2.05) is 72.8 Å². The molecule has 0 radical (unpaired) electrons. The van der Waals surface area contributed by atoms with Crippen LogP contribution in [0.1, 0.15) is 16.7 Å². The van der Waals surface area contributed by atoms with E-state index in [-0.39, 0.29) is 6.61 Å². The number of para-hydroxylation sites is 1. The Morgan fingerprint density at radius 2 is 1.75 bits per heavy atom. The van der Waals surface area contributed by atoms with Crippen LogP contribution in [-0.2, 0) is 6.61 Å². The summed E-state index contributed by atoms with van der Waals surface area (Å²) < 4.78 is 11.7. The molecular weight excluding hydrogens is 441 g/mol. The van der Waals surface area contributed by atoms with Crippen LogP contribution in [0.3, 0.4) is 0 Å². The summed E-state index contributed by atoms with van der Waals surface area (Å²) in [4.78, 5) is 0. The number of rotatable bonds is 6. The van der Waals surface area contributed by atoms with Crippen molar-refractivity contribution >= 4 is 45.6 Å². The molecular formula is C27H19Cl2NO2. The minimum atomic E-state index is 0.230. The topological polar surface area (TPSA) is 42.2 Å². The first-order chi connectivity index (χ1) is 15.6. The van der Waals surface area contributed by atoms with Crippen LogP contribution < -0.4 is 9.47 Å². The van der Waals surface area contributed by atoms with Gasteiger partial charge in [0.25, 0.3) is 0 Å². The van der Waals surface area contributed by atoms with E-state index in [9.17, 15) is 5.26 Å². The van der Waals surface area contributed by atoms with E-state index < -0.39 is 0 Å². The molecule has 0 atom stereocenters. The third-order valence-corrected chi connectivity index (χ3v) is 5.70. The number of halogens is 2. The summed E-state index contributed by atoms with van der Waals surface area (Å²) in [5.74, 6) is 1.10. The highest BCUT2D eigenvalue weighted by atomic mass is 35.5. The number of allylic oxidation sites excluding steroid dienone is 1. The van der Waals surface area contributed by atoms with Gasteiger partial charge in [0.05, 0.1) is 18.8 Å². The number of nitrogens with zero attached hydrogens (tertiary/aromatic N) is 1. The Morgan fingerprint density at radius 3 is 2.53 bits per heavy atom. The summed E-state index contributed by atoms with van der Waals surface area (Å²) in [5, 5.41) is 13.1. The first-order valence-corrected chi connectivity index (χ1v) is 10.7. The van der Waals surface area contributed by atoms with Crippen molar-refractivity contribution in [3.8, 4) is 17.6 Å². The van der Waals surface area contributed by atoms with Crippen molar-refractivity contribution in [2.45, 2.75) is 6.61 Å². The summed E-state index contributed by atoms with van der Waals surface area (Å²) in [6, 6.07) is 27.1. The third kappa shape index (κ3) is 4.57. The van der Waals surface area contributed by atoms with Crippen LogP contribution in [0.25, 0.3) is 22.4 Å². The standard InChI is InChI=1S/C27H19Cl2NO2/c1-31-26-11-5-8-19(27(26)32-17-20-12-13-22(28)15-25(20)29)14-21(16-30)24-10-4-7-18-6-2-3-9-23(18)24/h2-15H,17H2,1H3/b21-14-. The maximum atomic E-state index is 9.97. The van der Waals surface area contributed by atoms with Gasteiger partial charge in [-0.3, -0.25) is 0 Å². The molecule has 0 spiro atoms. The van der Waals surface area contributed by atoms with Crippen molar-refractivity contribution in [1.82, 2.24) is 0 Å². The van der Waals surface area contributed by atoms with E-state index >= 15 is 0 Å². The monoisotopic (exact) mass is 459 g/mol. The zero-order valence-electron chi connectivity index (χ0n) is 17.3. The Bertz CT molecular complexity index is 1350. The highest BCUT2D eigenvalue weighted by molar-refractivity contribution is 6.35. The predicted octanol–water partition coefficient (Wildman–Crippen LogP) is 7.80. The highest BCUT2D eigenvalue weighted by Gasteiger charge is 2.13. The number of methoxy groups -OCH3 is 1. The zero-order chi connectivity index (χ0) is 22.5. The Kier molecular flexibility index (Phi) is 6.66. The van der Waals surface area contributed by atoms with Crippen molar-refractivity contribution in [2.24, 2.45) is 0 Å². The lowest BCUT2D eigenvalue weighted by molar-refractivity contribution is 0.284. The Morgan fingerprint density at radius 1 is 0.969 bits per heavy atom. The van der Waals surface area contributed by atoms with E-state index in [1.54, 1.807) is 19.2 Å². The van der Waals surface area contributed by atoms with Gasteiger partial charge in [-0.2, -0.15) is 5.26 Å². The molecule has 158 valence electrons. The fourth-order valence-electron chi connectivity index (χ4n) is 3.54. The molecule has 0 fully saturated rings. The average Bonchev–Trinajstić information content (AvgIpc) is 2.82. The molecule has 4 aromatic rings. The lowest BCUT2D eigenvalue weighted by Crippen LogP contribution is -2.00. The van der Waals surface area contributed by atoms with Crippen LogP contribution in [0.5, 0.6) is 11.5 Å². The van der Waals surface area contributed by atoms with E-state index in [1.165, 1.54) is 0 Å². The van der Waals surface area contributed by atoms with Gasteiger partial charge in [-0.15, -0.1) is 0 Å². The molecule has 0 saturated heterocycles. The number of hydrogen-bond donors (Lipinski definition) is 0. The van der Waals surface area contributed by atoms with E-state index in [4.69, 9.17) is 32.7 Å². The highest BCUT2D eigenvalue weighted by Crippen LogP contribution is 2.36. The number of ether oxygens (including phenoxy) is 2. The number of hydrogen-bond acceptors (Lipinski definition) is 3. The van der Waals surface area contributed by atoms with Crippen LogP contribution in [0.2, 0.25) is 10.0 Å². The van der Waals surface area contributed by atoms with Gasteiger partial charge in [-0.05, 0) is 35.0 Å². The largest absolute Gasteiger partial charge is 0.493 e. The average molecular weight is 460 g/mol. The van der Waals surface area contributed by atoms with E-state index in [0.29, 0.717) is 27.1 Å². The Balaban J connectivity index is 1.76. The van der Waals surface area contributed by atoms with Crippen LogP contribution >= 0.6 is 23.2 Å². The van der Waals surface area contributed by atoms with Gasteiger partial charge in [-0.25, -0.2) is 0 Å². The first kappa shape index (κ1) is 21.8. The van der Waals surface area contributed by atoms with Gasteiger partial charge in [0.15, 0.2) is 11.5 Å². The number of benzene rings is 4. The molecule has 32 heavy (non-hydrogen) atoms. The van der Waals surface area contributed by atoms with Crippen molar-refractivity contribution in [2.75, 3.05) is 7.11 Å². The number of nitriles is 1. The number of fused-ring (bicyclic) bond motifs is 1. The molecule has 0 saturated carbocycles. The summed E-state index contributed by atoms with van der Waals surface area (Å²) in [6.45, 7) is 0.230. The minimum absolute atomic E-state index is 0.230. The van der Waals surface area contributed by atoms with Gasteiger partial charge < -0.3 is 9.47 Å². The summed E-state index contributed by atoms with van der Waals surface area (Å²) in [6.07, 6.45) is 1.82. The smallest absolute Gasteiger partial charge is 0.168 e. The molecule has 0 unspecified atom stereocenters. The second kappa shape index (κ2) is 9.78. The molecule has 0 aliphatic rings. The SMILES string of the molecule is COc1cccc(/C=C(/C#N)c2cccc3ccccc23)c1OCc1ccc(Cl)cc1Cl. The summed E-state index contributed by atoms with van der Waals surface area (Å²) in [5.41, 5.74) is 2.93.